The third-order valence-corrected chi connectivity index (χ3v) is 4.53. The van der Waals surface area contributed by atoms with E-state index in [-0.39, 0.29) is 12.1 Å². The number of rotatable bonds is 2. The average Bonchev–Trinajstić information content (AvgIpc) is 3.08. The second kappa shape index (κ2) is 5.58. The summed E-state index contributed by atoms with van der Waals surface area (Å²) in [6, 6.07) is 13.3. The monoisotopic (exact) mass is 362 g/mol. The van der Waals surface area contributed by atoms with Crippen molar-refractivity contribution in [3.63, 3.8) is 0 Å². The summed E-state index contributed by atoms with van der Waals surface area (Å²) in [4.78, 5) is 24.9. The van der Waals surface area contributed by atoms with Gasteiger partial charge in [0, 0.05) is 10.0 Å². The van der Waals surface area contributed by atoms with Crippen LogP contribution in [0.3, 0.4) is 0 Å². The molecule has 0 radical (unpaired) electrons. The Morgan fingerprint density at radius 3 is 1.33 bits per heavy atom. The second-order valence-electron chi connectivity index (χ2n) is 5.50. The Labute approximate surface area is 147 Å². The quantitative estimate of drug-likeness (QED) is 0.855. The normalized spacial score (nSPS) is 22.4. The van der Waals surface area contributed by atoms with Gasteiger partial charge < -0.3 is 10.6 Å². The topological polar surface area (TPSA) is 64.7 Å². The first kappa shape index (κ1) is 15.1. The second-order valence-corrected chi connectivity index (χ2v) is 6.37. The van der Waals surface area contributed by atoms with Gasteiger partial charge in [-0.3, -0.25) is 0 Å². The molecule has 4 amide bonds. The van der Waals surface area contributed by atoms with Crippen molar-refractivity contribution in [3.05, 3.63) is 69.7 Å². The lowest BCUT2D eigenvalue weighted by Crippen LogP contribution is -2.36. The molecule has 2 atom stereocenters. The zero-order chi connectivity index (χ0) is 16.8. The van der Waals surface area contributed by atoms with E-state index in [4.69, 9.17) is 23.2 Å². The molecule has 0 saturated carbocycles. The number of urea groups is 2. The summed E-state index contributed by atoms with van der Waals surface area (Å²) in [5, 5.41) is 9.57. The molecule has 2 aromatic carbocycles. The lowest BCUT2D eigenvalue weighted by molar-refractivity contribution is 0.0672. The van der Waals surface area contributed by atoms with Crippen molar-refractivity contribution in [2.24, 2.45) is 0 Å². The summed E-state index contributed by atoms with van der Waals surface area (Å²) >= 11 is 11.8. The molecule has 4 rings (SSSR count). The van der Waals surface area contributed by atoms with Gasteiger partial charge in [-0.1, -0.05) is 47.5 Å². The van der Waals surface area contributed by atoms with Crippen molar-refractivity contribution in [2.45, 2.75) is 12.3 Å². The molecule has 122 valence electrons. The standard InChI is InChI=1S/C16H12Cl2N4O2/c17-11-5-1-9(2-6-11)13-19-15(23)22-14(20-16(24)21(13)22)10-3-7-12(18)8-4-10/h1-8,13-14H,(H,19,23)(H,20,24). The number of hydrogen-bond acceptors (Lipinski definition) is 2. The van der Waals surface area contributed by atoms with E-state index in [1.807, 2.05) is 0 Å². The van der Waals surface area contributed by atoms with Crippen LogP contribution in [0.25, 0.3) is 0 Å². The SMILES string of the molecule is O=C1NC(c2ccc(Cl)cc2)N2C(=O)NC(c3ccc(Cl)cc3)N12. The van der Waals surface area contributed by atoms with Gasteiger partial charge in [0.15, 0.2) is 12.3 Å². The van der Waals surface area contributed by atoms with E-state index in [1.165, 1.54) is 10.0 Å². The molecule has 6 nitrogen and oxygen atoms in total. The maximum Gasteiger partial charge on any atom is 0.340 e. The number of benzene rings is 2. The molecule has 2 heterocycles. The minimum atomic E-state index is -0.577. The smallest absolute Gasteiger partial charge is 0.310 e. The predicted octanol–water partition coefficient (Wildman–Crippen LogP) is 3.66. The first-order valence-electron chi connectivity index (χ1n) is 7.25. The fourth-order valence-corrected chi connectivity index (χ4v) is 3.16. The number of halogens is 2. The van der Waals surface area contributed by atoms with Crippen molar-refractivity contribution in [3.8, 4) is 0 Å². The van der Waals surface area contributed by atoms with Gasteiger partial charge in [0.2, 0.25) is 0 Å². The Morgan fingerprint density at radius 1 is 0.667 bits per heavy atom. The lowest BCUT2D eigenvalue weighted by atomic mass is 10.2. The summed E-state index contributed by atoms with van der Waals surface area (Å²) in [6.07, 6.45) is -1.15. The third kappa shape index (κ3) is 2.35. The van der Waals surface area contributed by atoms with Crippen LogP contribution < -0.4 is 10.6 Å². The molecule has 2 fully saturated rings. The van der Waals surface area contributed by atoms with Crippen LogP contribution in [0.2, 0.25) is 10.0 Å². The lowest BCUT2D eigenvalue weighted by Gasteiger charge is -2.24. The van der Waals surface area contributed by atoms with Crippen LogP contribution in [0.5, 0.6) is 0 Å². The van der Waals surface area contributed by atoms with Crippen molar-refractivity contribution < 1.29 is 9.59 Å². The molecule has 8 heteroatoms. The van der Waals surface area contributed by atoms with Gasteiger partial charge in [0.25, 0.3) is 0 Å². The molecular weight excluding hydrogens is 351 g/mol. The molecule has 2 aliphatic rings. The van der Waals surface area contributed by atoms with Gasteiger partial charge in [-0.15, -0.1) is 0 Å². The first-order chi connectivity index (χ1) is 11.5. The van der Waals surface area contributed by atoms with E-state index in [0.29, 0.717) is 10.0 Å². The van der Waals surface area contributed by atoms with E-state index in [2.05, 4.69) is 10.6 Å². The molecule has 2 unspecified atom stereocenters. The predicted molar refractivity (Wildman–Crippen MR) is 89.1 cm³/mol. The number of nitrogens with zero attached hydrogens (tertiary/aromatic N) is 2. The molecule has 2 aliphatic heterocycles. The summed E-state index contributed by atoms with van der Waals surface area (Å²) in [5.41, 5.74) is 1.53. The van der Waals surface area contributed by atoms with Crippen LogP contribution in [0, 0.1) is 0 Å². The number of amides is 4. The fraction of sp³-hybridized carbons (Fsp3) is 0.125. The summed E-state index contributed by atoms with van der Waals surface area (Å²) in [7, 11) is 0. The zero-order valence-corrected chi connectivity index (χ0v) is 13.8. The van der Waals surface area contributed by atoms with Gasteiger partial charge in [-0.2, -0.15) is 0 Å². The minimum Gasteiger partial charge on any atom is -0.310 e. The highest BCUT2D eigenvalue weighted by Gasteiger charge is 2.51. The minimum absolute atomic E-state index is 0.353. The van der Waals surface area contributed by atoms with Crippen molar-refractivity contribution in [1.82, 2.24) is 20.7 Å². The number of carbonyl (C=O) groups excluding carboxylic acids is 2. The van der Waals surface area contributed by atoms with Crippen LogP contribution in [-0.2, 0) is 0 Å². The van der Waals surface area contributed by atoms with Crippen LogP contribution >= 0.6 is 23.2 Å². The maximum atomic E-state index is 12.4. The highest BCUT2D eigenvalue weighted by atomic mass is 35.5. The molecule has 24 heavy (non-hydrogen) atoms. The Balaban J connectivity index is 1.68. The highest BCUT2D eigenvalue weighted by molar-refractivity contribution is 6.30. The number of carbonyl (C=O) groups is 2. The number of hydrogen-bond donors (Lipinski definition) is 2. The summed E-state index contributed by atoms with van der Waals surface area (Å²) in [5.74, 6) is 0. The van der Waals surface area contributed by atoms with E-state index >= 15 is 0 Å². The molecule has 0 aliphatic carbocycles. The molecular formula is C16H12Cl2N4O2. The van der Waals surface area contributed by atoms with E-state index < -0.39 is 12.3 Å². The van der Waals surface area contributed by atoms with Crippen LogP contribution in [0.15, 0.2) is 48.5 Å². The highest BCUT2D eigenvalue weighted by Crippen LogP contribution is 2.36. The van der Waals surface area contributed by atoms with Gasteiger partial charge in [-0.25, -0.2) is 19.6 Å². The van der Waals surface area contributed by atoms with Crippen molar-refractivity contribution in [1.29, 1.82) is 0 Å². The van der Waals surface area contributed by atoms with Gasteiger partial charge in [0.05, 0.1) is 0 Å². The van der Waals surface area contributed by atoms with Gasteiger partial charge in [-0.05, 0) is 35.4 Å². The van der Waals surface area contributed by atoms with Gasteiger partial charge in [0.1, 0.15) is 0 Å². The maximum absolute atomic E-state index is 12.4. The zero-order valence-electron chi connectivity index (χ0n) is 12.2. The molecule has 0 aromatic heterocycles. The summed E-state index contributed by atoms with van der Waals surface area (Å²) in [6.45, 7) is 0. The summed E-state index contributed by atoms with van der Waals surface area (Å²) < 4.78 is 0. The number of fused-ring (bicyclic) bond motifs is 1. The molecule has 0 spiro atoms. The average molecular weight is 363 g/mol. The van der Waals surface area contributed by atoms with Crippen molar-refractivity contribution >= 4 is 35.3 Å². The fourth-order valence-electron chi connectivity index (χ4n) is 2.91. The number of hydrazine groups is 1. The molecule has 2 aromatic rings. The third-order valence-electron chi connectivity index (χ3n) is 4.03. The Kier molecular flexibility index (Phi) is 3.51. The number of nitrogens with one attached hydrogen (secondary N) is 2. The van der Waals surface area contributed by atoms with Crippen LogP contribution in [0.4, 0.5) is 9.59 Å². The molecule has 0 bridgehead atoms. The van der Waals surface area contributed by atoms with Crippen LogP contribution in [0.1, 0.15) is 23.5 Å². The van der Waals surface area contributed by atoms with E-state index in [9.17, 15) is 9.59 Å². The first-order valence-corrected chi connectivity index (χ1v) is 8.00. The Morgan fingerprint density at radius 2 is 1.00 bits per heavy atom. The van der Waals surface area contributed by atoms with Crippen molar-refractivity contribution in [2.75, 3.05) is 0 Å². The molecule has 2 N–H and O–H groups in total. The van der Waals surface area contributed by atoms with E-state index in [0.717, 1.165) is 11.1 Å². The largest absolute Gasteiger partial charge is 0.340 e. The Hall–Kier alpha value is -2.44. The van der Waals surface area contributed by atoms with E-state index in [1.54, 1.807) is 48.5 Å². The van der Waals surface area contributed by atoms with Crippen LogP contribution in [-0.4, -0.2) is 22.1 Å². The Bertz CT molecular complexity index is 740. The molecule has 2 saturated heterocycles. The van der Waals surface area contributed by atoms with Gasteiger partial charge >= 0.3 is 12.1 Å².